The van der Waals surface area contributed by atoms with Crippen LogP contribution in [0.4, 0.5) is 4.79 Å². The molecule has 0 aromatic carbocycles. The van der Waals surface area contributed by atoms with E-state index in [1.807, 2.05) is 29.3 Å². The van der Waals surface area contributed by atoms with E-state index in [0.717, 1.165) is 48.2 Å². The van der Waals surface area contributed by atoms with Crippen LogP contribution >= 0.6 is 11.8 Å². The van der Waals surface area contributed by atoms with Crippen LogP contribution in [0.1, 0.15) is 24.2 Å². The number of carbonyl (C=O) groups excluding carboxylic acids is 1. The molecular weight excluding hydrogens is 350 g/mol. The maximum Gasteiger partial charge on any atom is 0.317 e. The molecule has 0 bridgehead atoms. The molecule has 0 spiro atoms. The molecule has 0 aliphatic carbocycles. The zero-order chi connectivity index (χ0) is 17.8. The Bertz CT molecular complexity index is 730. The molecule has 4 rings (SSSR count). The van der Waals surface area contributed by atoms with E-state index in [2.05, 4.69) is 19.9 Å². The Morgan fingerprint density at radius 1 is 1.35 bits per heavy atom. The number of pyridine rings is 1. The number of urea groups is 1. The largest absolute Gasteiger partial charge is 0.370 e. The summed E-state index contributed by atoms with van der Waals surface area (Å²) in [6.45, 7) is 3.34. The van der Waals surface area contributed by atoms with E-state index < -0.39 is 0 Å². The van der Waals surface area contributed by atoms with Gasteiger partial charge in [0, 0.05) is 37.8 Å². The number of aromatic nitrogens is 3. The first kappa shape index (κ1) is 17.4. The quantitative estimate of drug-likeness (QED) is 0.870. The van der Waals surface area contributed by atoms with Crippen molar-refractivity contribution in [3.8, 4) is 0 Å². The summed E-state index contributed by atoms with van der Waals surface area (Å²) in [7, 11) is 0. The second-order valence-corrected chi connectivity index (χ2v) is 7.62. The third-order valence-corrected chi connectivity index (χ3v) is 5.60. The molecule has 2 amide bonds. The predicted octanol–water partition coefficient (Wildman–Crippen LogP) is 2.27. The molecule has 1 saturated heterocycles. The molecule has 4 heterocycles. The third-order valence-electron chi connectivity index (χ3n) is 4.63. The highest BCUT2D eigenvalue weighted by atomic mass is 32.2. The van der Waals surface area contributed by atoms with Gasteiger partial charge in [0.1, 0.15) is 0 Å². The van der Waals surface area contributed by atoms with Gasteiger partial charge in [0.15, 0.2) is 5.16 Å². The van der Waals surface area contributed by atoms with Gasteiger partial charge in [0.05, 0.1) is 30.6 Å². The van der Waals surface area contributed by atoms with Crippen LogP contribution in [0.2, 0.25) is 0 Å². The molecule has 2 aliphatic heterocycles. The first-order valence-corrected chi connectivity index (χ1v) is 9.99. The number of nitrogens with zero attached hydrogens (tertiary/aromatic N) is 4. The molecule has 1 atom stereocenters. The lowest BCUT2D eigenvalue weighted by Gasteiger charge is -2.32. The van der Waals surface area contributed by atoms with E-state index in [1.54, 1.807) is 18.0 Å². The summed E-state index contributed by atoms with van der Waals surface area (Å²) in [6.07, 6.45) is 5.79. The molecule has 0 saturated carbocycles. The number of thioether (sulfide) groups is 1. The SMILES string of the molecule is O=C(NCc1cn2c(n1)SCC2)N1CCC[C@H](OCc2ccccn2)C1. The van der Waals surface area contributed by atoms with Crippen LogP contribution < -0.4 is 5.32 Å². The maximum atomic E-state index is 12.5. The minimum Gasteiger partial charge on any atom is -0.370 e. The Balaban J connectivity index is 1.24. The minimum absolute atomic E-state index is 0.0445. The fraction of sp³-hybridized carbons (Fsp3) is 0.500. The first-order valence-electron chi connectivity index (χ1n) is 9.01. The monoisotopic (exact) mass is 373 g/mol. The van der Waals surface area contributed by atoms with E-state index in [0.29, 0.717) is 19.7 Å². The van der Waals surface area contributed by atoms with Crippen LogP contribution in [0, 0.1) is 0 Å². The summed E-state index contributed by atoms with van der Waals surface area (Å²) >= 11 is 1.76. The van der Waals surface area contributed by atoms with Crippen LogP contribution in [0.25, 0.3) is 0 Å². The van der Waals surface area contributed by atoms with Gasteiger partial charge < -0.3 is 19.5 Å². The summed E-state index contributed by atoms with van der Waals surface area (Å²) in [5.41, 5.74) is 1.83. The van der Waals surface area contributed by atoms with Crippen LogP contribution in [0.5, 0.6) is 0 Å². The molecular formula is C18H23N5O2S. The molecule has 26 heavy (non-hydrogen) atoms. The molecule has 138 valence electrons. The number of likely N-dealkylation sites (tertiary alicyclic amines) is 1. The molecule has 0 unspecified atom stereocenters. The van der Waals surface area contributed by atoms with E-state index in [9.17, 15) is 4.79 Å². The number of hydrogen-bond acceptors (Lipinski definition) is 5. The fourth-order valence-corrected chi connectivity index (χ4v) is 4.23. The molecule has 7 nitrogen and oxygen atoms in total. The van der Waals surface area contributed by atoms with Gasteiger partial charge in [0.2, 0.25) is 0 Å². The van der Waals surface area contributed by atoms with Gasteiger partial charge in [-0.2, -0.15) is 0 Å². The van der Waals surface area contributed by atoms with Crippen molar-refractivity contribution in [3.63, 3.8) is 0 Å². The van der Waals surface area contributed by atoms with Gasteiger partial charge in [-0.25, -0.2) is 9.78 Å². The predicted molar refractivity (Wildman–Crippen MR) is 98.8 cm³/mol. The summed E-state index contributed by atoms with van der Waals surface area (Å²) in [5.74, 6) is 1.09. The lowest BCUT2D eigenvalue weighted by Crippen LogP contribution is -2.47. The third kappa shape index (κ3) is 4.19. The van der Waals surface area contributed by atoms with Crippen molar-refractivity contribution in [2.24, 2.45) is 0 Å². The second-order valence-electron chi connectivity index (χ2n) is 6.56. The number of nitrogens with one attached hydrogen (secondary N) is 1. The van der Waals surface area contributed by atoms with Crippen LogP contribution in [0.3, 0.4) is 0 Å². The summed E-state index contributed by atoms with van der Waals surface area (Å²) < 4.78 is 8.10. The van der Waals surface area contributed by atoms with Gasteiger partial charge in [-0.3, -0.25) is 4.98 Å². The van der Waals surface area contributed by atoms with Crippen molar-refractivity contribution in [3.05, 3.63) is 42.0 Å². The van der Waals surface area contributed by atoms with E-state index in [-0.39, 0.29) is 12.1 Å². The summed E-state index contributed by atoms with van der Waals surface area (Å²) in [5, 5.41) is 4.04. The van der Waals surface area contributed by atoms with Crippen molar-refractivity contribution >= 4 is 17.8 Å². The topological polar surface area (TPSA) is 72.3 Å². The first-order chi connectivity index (χ1) is 12.8. The lowest BCUT2D eigenvalue weighted by atomic mass is 10.1. The molecule has 2 aliphatic rings. The Morgan fingerprint density at radius 2 is 2.31 bits per heavy atom. The van der Waals surface area contributed by atoms with Gasteiger partial charge in [-0.15, -0.1) is 0 Å². The van der Waals surface area contributed by atoms with E-state index in [4.69, 9.17) is 4.74 Å². The number of fused-ring (bicyclic) bond motifs is 1. The van der Waals surface area contributed by atoms with Crippen molar-refractivity contribution in [1.29, 1.82) is 0 Å². The highest BCUT2D eigenvalue weighted by molar-refractivity contribution is 7.99. The van der Waals surface area contributed by atoms with Crippen LogP contribution in [0.15, 0.2) is 35.7 Å². The number of aryl methyl sites for hydroxylation is 1. The number of ether oxygens (including phenoxy) is 1. The number of imidazole rings is 1. The van der Waals surface area contributed by atoms with Crippen LogP contribution in [-0.2, 0) is 24.4 Å². The van der Waals surface area contributed by atoms with Crippen molar-refractivity contribution in [2.45, 2.75) is 43.8 Å². The minimum atomic E-state index is -0.0445. The molecule has 1 fully saturated rings. The maximum absolute atomic E-state index is 12.5. The van der Waals surface area contributed by atoms with Crippen molar-refractivity contribution in [1.82, 2.24) is 24.8 Å². The summed E-state index contributed by atoms with van der Waals surface area (Å²) in [4.78, 5) is 23.1. The van der Waals surface area contributed by atoms with E-state index >= 15 is 0 Å². The smallest absolute Gasteiger partial charge is 0.317 e. The Hall–Kier alpha value is -2.06. The number of hydrogen-bond donors (Lipinski definition) is 1. The number of carbonyl (C=O) groups is 1. The van der Waals surface area contributed by atoms with Crippen molar-refractivity contribution in [2.75, 3.05) is 18.8 Å². The molecule has 0 radical (unpaired) electrons. The molecule has 8 heteroatoms. The van der Waals surface area contributed by atoms with Gasteiger partial charge >= 0.3 is 6.03 Å². The number of rotatable bonds is 5. The standard InChI is InChI=1S/C18H23N5O2S/c24-17(20-10-15-11-23-8-9-26-18(23)21-15)22-7-3-5-16(12-22)25-13-14-4-1-2-6-19-14/h1-2,4,6,11,16H,3,5,7-10,12-13H2,(H,20,24)/t16-/m0/s1. The fourth-order valence-electron chi connectivity index (χ4n) is 3.27. The Morgan fingerprint density at radius 3 is 3.15 bits per heavy atom. The zero-order valence-electron chi connectivity index (χ0n) is 14.6. The van der Waals surface area contributed by atoms with Crippen molar-refractivity contribution < 1.29 is 9.53 Å². The zero-order valence-corrected chi connectivity index (χ0v) is 15.5. The summed E-state index contributed by atoms with van der Waals surface area (Å²) in [6, 6.07) is 5.76. The Labute approximate surface area is 157 Å². The highest BCUT2D eigenvalue weighted by Crippen LogP contribution is 2.24. The van der Waals surface area contributed by atoms with Gasteiger partial charge in [-0.05, 0) is 25.0 Å². The highest BCUT2D eigenvalue weighted by Gasteiger charge is 2.24. The molecule has 2 aromatic heterocycles. The van der Waals surface area contributed by atoms with Gasteiger partial charge in [0.25, 0.3) is 0 Å². The van der Waals surface area contributed by atoms with Crippen LogP contribution in [-0.4, -0.2) is 50.4 Å². The molecule has 2 aromatic rings. The second kappa shape index (κ2) is 8.09. The number of amides is 2. The van der Waals surface area contributed by atoms with Gasteiger partial charge in [-0.1, -0.05) is 17.8 Å². The molecule has 1 N–H and O–H groups in total. The average Bonchev–Trinajstić information content (AvgIpc) is 3.27. The normalized spacial score (nSPS) is 19.4. The lowest BCUT2D eigenvalue weighted by molar-refractivity contribution is -0.00168. The Kier molecular flexibility index (Phi) is 5.40. The van der Waals surface area contributed by atoms with E-state index in [1.165, 1.54) is 0 Å². The average molecular weight is 373 g/mol. The number of piperidine rings is 1.